The third-order valence-corrected chi connectivity index (χ3v) is 4.81. The van der Waals surface area contributed by atoms with E-state index in [0.29, 0.717) is 0 Å². The first-order valence-corrected chi connectivity index (χ1v) is 8.35. The third kappa shape index (κ3) is 4.96. The van der Waals surface area contributed by atoms with Crippen LogP contribution in [0.25, 0.3) is 0 Å². The van der Waals surface area contributed by atoms with Crippen LogP contribution in [0.3, 0.4) is 0 Å². The van der Waals surface area contributed by atoms with Gasteiger partial charge in [0.25, 0.3) is 0 Å². The molecule has 16 heavy (non-hydrogen) atoms. The van der Waals surface area contributed by atoms with Gasteiger partial charge < -0.3 is 0 Å². The van der Waals surface area contributed by atoms with E-state index in [1.807, 2.05) is 6.92 Å². The van der Waals surface area contributed by atoms with Crippen LogP contribution in [0.15, 0.2) is 0 Å². The maximum Gasteiger partial charge on any atom is 0.0362 e. The van der Waals surface area contributed by atoms with E-state index in [-0.39, 0.29) is 0 Å². The molecule has 96 valence electrons. The van der Waals surface area contributed by atoms with Crippen LogP contribution in [-0.4, -0.2) is 39.7 Å². The highest BCUT2D eigenvalue weighted by Crippen LogP contribution is 2.22. The van der Waals surface area contributed by atoms with E-state index in [0.717, 1.165) is 24.1 Å². The maximum atomic E-state index is 11.5. The third-order valence-electron chi connectivity index (χ3n) is 3.53. The van der Waals surface area contributed by atoms with Gasteiger partial charge in [-0.15, -0.1) is 0 Å². The quantitative estimate of drug-likeness (QED) is 0.687. The minimum absolute atomic E-state index is 0.597. The van der Waals surface area contributed by atoms with Gasteiger partial charge in [0.15, 0.2) is 0 Å². The van der Waals surface area contributed by atoms with Crippen molar-refractivity contribution in [3.8, 4) is 0 Å². The average Bonchev–Trinajstić information content (AvgIpc) is 2.35. The predicted molar refractivity (Wildman–Crippen MR) is 72.3 cm³/mol. The Morgan fingerprint density at radius 2 is 1.81 bits per heavy atom. The Kier molecular flexibility index (Phi) is 7.30. The van der Waals surface area contributed by atoms with Crippen LogP contribution in [0.5, 0.6) is 0 Å². The molecule has 1 saturated carbocycles. The van der Waals surface area contributed by atoms with Crippen LogP contribution in [0.4, 0.5) is 0 Å². The minimum atomic E-state index is -0.597. The van der Waals surface area contributed by atoms with Crippen LogP contribution in [0.1, 0.15) is 52.4 Å². The summed E-state index contributed by atoms with van der Waals surface area (Å²) in [5.41, 5.74) is 0. The second-order valence-electron chi connectivity index (χ2n) is 4.76. The summed E-state index contributed by atoms with van der Waals surface area (Å²) in [6.07, 6.45) is 8.13. The topological polar surface area (TPSA) is 20.3 Å². The molecule has 0 aromatic carbocycles. The molecule has 0 aliphatic heterocycles. The summed E-state index contributed by atoms with van der Waals surface area (Å²) in [5, 5.41) is 0. The molecule has 0 saturated heterocycles. The molecule has 3 heteroatoms. The van der Waals surface area contributed by atoms with Crippen LogP contribution >= 0.6 is 0 Å². The molecule has 0 radical (unpaired) electrons. The van der Waals surface area contributed by atoms with Gasteiger partial charge in [-0.3, -0.25) is 9.11 Å². The van der Waals surface area contributed by atoms with E-state index in [1.54, 1.807) is 0 Å². The van der Waals surface area contributed by atoms with E-state index in [9.17, 15) is 4.21 Å². The second kappa shape index (κ2) is 8.24. The molecule has 0 N–H and O–H groups in total. The minimum Gasteiger partial charge on any atom is -0.299 e. The highest BCUT2D eigenvalue weighted by atomic mass is 32.2. The van der Waals surface area contributed by atoms with Crippen molar-refractivity contribution in [3.63, 3.8) is 0 Å². The van der Waals surface area contributed by atoms with E-state index in [4.69, 9.17) is 0 Å². The van der Waals surface area contributed by atoms with Gasteiger partial charge in [0, 0.05) is 34.9 Å². The summed E-state index contributed by atoms with van der Waals surface area (Å²) >= 11 is 0. The summed E-state index contributed by atoms with van der Waals surface area (Å²) in [5.74, 6) is 1.68. The lowest BCUT2D eigenvalue weighted by atomic mass is 9.94. The van der Waals surface area contributed by atoms with Crippen molar-refractivity contribution in [2.24, 2.45) is 0 Å². The van der Waals surface area contributed by atoms with E-state index < -0.39 is 10.8 Å². The number of rotatable bonds is 7. The average molecular weight is 245 g/mol. The van der Waals surface area contributed by atoms with E-state index >= 15 is 0 Å². The van der Waals surface area contributed by atoms with Crippen molar-refractivity contribution in [2.45, 2.75) is 58.4 Å². The zero-order valence-corrected chi connectivity index (χ0v) is 11.7. The van der Waals surface area contributed by atoms with E-state index in [1.165, 1.54) is 45.1 Å². The molecule has 1 atom stereocenters. The Labute approximate surface area is 103 Å². The highest BCUT2D eigenvalue weighted by molar-refractivity contribution is 7.84. The SMILES string of the molecule is CCCN(CCS(=O)CC)C1CCCCC1. The molecule has 1 aliphatic rings. The summed E-state index contributed by atoms with van der Waals surface area (Å²) in [4.78, 5) is 2.59. The van der Waals surface area contributed by atoms with Gasteiger partial charge in [-0.25, -0.2) is 0 Å². The van der Waals surface area contributed by atoms with Gasteiger partial charge in [0.05, 0.1) is 0 Å². The molecule has 0 bridgehead atoms. The summed E-state index contributed by atoms with van der Waals surface area (Å²) < 4.78 is 11.5. The molecule has 0 spiro atoms. The molecule has 1 rings (SSSR count). The zero-order chi connectivity index (χ0) is 11.8. The molecular weight excluding hydrogens is 218 g/mol. The molecule has 1 aliphatic carbocycles. The van der Waals surface area contributed by atoms with Crippen molar-refractivity contribution >= 4 is 10.8 Å². The van der Waals surface area contributed by atoms with Gasteiger partial charge in [-0.2, -0.15) is 0 Å². The fourth-order valence-electron chi connectivity index (χ4n) is 2.57. The monoisotopic (exact) mass is 245 g/mol. The predicted octanol–water partition coefficient (Wildman–Crippen LogP) is 2.80. The molecular formula is C13H27NOS. The maximum absolute atomic E-state index is 11.5. The van der Waals surface area contributed by atoms with Crippen molar-refractivity contribution in [3.05, 3.63) is 0 Å². The van der Waals surface area contributed by atoms with Crippen molar-refractivity contribution in [1.29, 1.82) is 0 Å². The Balaban J connectivity index is 2.35. The molecule has 0 amide bonds. The summed E-state index contributed by atoms with van der Waals surface area (Å²) in [7, 11) is -0.597. The largest absolute Gasteiger partial charge is 0.299 e. The van der Waals surface area contributed by atoms with Crippen LogP contribution in [0.2, 0.25) is 0 Å². The Morgan fingerprint density at radius 1 is 1.12 bits per heavy atom. The summed E-state index contributed by atoms with van der Waals surface area (Å²) in [6, 6.07) is 0.780. The first-order chi connectivity index (χ1) is 7.77. The lowest BCUT2D eigenvalue weighted by molar-refractivity contribution is 0.165. The smallest absolute Gasteiger partial charge is 0.0362 e. The lowest BCUT2D eigenvalue weighted by Crippen LogP contribution is -2.39. The van der Waals surface area contributed by atoms with Crippen molar-refractivity contribution in [2.75, 3.05) is 24.6 Å². The fourth-order valence-corrected chi connectivity index (χ4v) is 3.30. The molecule has 0 heterocycles. The molecule has 0 aromatic heterocycles. The standard InChI is InChI=1S/C13H27NOS/c1-3-10-14(11-12-16(15)4-2)13-8-6-5-7-9-13/h13H,3-12H2,1-2H3. The normalized spacial score (nSPS) is 20.2. The first-order valence-electron chi connectivity index (χ1n) is 6.87. The van der Waals surface area contributed by atoms with Crippen molar-refractivity contribution in [1.82, 2.24) is 4.90 Å². The molecule has 0 aromatic rings. The Hall–Kier alpha value is 0.110. The first kappa shape index (κ1) is 14.2. The van der Waals surface area contributed by atoms with Crippen molar-refractivity contribution < 1.29 is 4.21 Å². The Bertz CT molecular complexity index is 202. The van der Waals surface area contributed by atoms with Gasteiger partial charge in [-0.1, -0.05) is 33.1 Å². The van der Waals surface area contributed by atoms with Crippen LogP contribution in [-0.2, 0) is 10.8 Å². The van der Waals surface area contributed by atoms with Gasteiger partial charge in [0.1, 0.15) is 0 Å². The molecule has 1 unspecified atom stereocenters. The fraction of sp³-hybridized carbons (Fsp3) is 1.00. The van der Waals surface area contributed by atoms with Crippen LogP contribution in [0, 0.1) is 0 Å². The zero-order valence-electron chi connectivity index (χ0n) is 10.9. The summed E-state index contributed by atoms with van der Waals surface area (Å²) in [6.45, 7) is 6.48. The molecule has 1 fully saturated rings. The Morgan fingerprint density at radius 3 is 2.38 bits per heavy atom. The van der Waals surface area contributed by atoms with Gasteiger partial charge >= 0.3 is 0 Å². The lowest BCUT2D eigenvalue weighted by Gasteiger charge is -2.34. The van der Waals surface area contributed by atoms with Gasteiger partial charge in [0.2, 0.25) is 0 Å². The number of nitrogens with zero attached hydrogens (tertiary/aromatic N) is 1. The number of hydrogen-bond acceptors (Lipinski definition) is 2. The number of hydrogen-bond donors (Lipinski definition) is 0. The second-order valence-corrected chi connectivity index (χ2v) is 6.63. The van der Waals surface area contributed by atoms with Gasteiger partial charge in [-0.05, 0) is 25.8 Å². The highest BCUT2D eigenvalue weighted by Gasteiger charge is 2.20. The van der Waals surface area contributed by atoms with Crippen LogP contribution < -0.4 is 0 Å². The molecule has 2 nitrogen and oxygen atoms in total. The van der Waals surface area contributed by atoms with E-state index in [2.05, 4.69) is 11.8 Å².